The van der Waals surface area contributed by atoms with Gasteiger partial charge in [0.15, 0.2) is 0 Å². The predicted molar refractivity (Wildman–Crippen MR) is 113 cm³/mol. The summed E-state index contributed by atoms with van der Waals surface area (Å²) in [5.41, 5.74) is 0.761. The van der Waals surface area contributed by atoms with E-state index in [1.54, 1.807) is 29.2 Å². The molecular formula is C20H22Cl2N2O3S. The van der Waals surface area contributed by atoms with Crippen molar-refractivity contribution in [2.75, 3.05) is 11.8 Å². The minimum atomic E-state index is -3.85. The lowest BCUT2D eigenvalue weighted by Gasteiger charge is -2.31. The topological polar surface area (TPSA) is 66.5 Å². The van der Waals surface area contributed by atoms with E-state index in [2.05, 4.69) is 4.72 Å². The summed E-state index contributed by atoms with van der Waals surface area (Å²) in [5, 5.41) is 0.432. The summed E-state index contributed by atoms with van der Waals surface area (Å²) in [6.45, 7) is 0. The van der Waals surface area contributed by atoms with Gasteiger partial charge < -0.3 is 4.90 Å². The van der Waals surface area contributed by atoms with Gasteiger partial charge in [0, 0.05) is 24.3 Å². The second-order valence-electron chi connectivity index (χ2n) is 6.97. The van der Waals surface area contributed by atoms with Gasteiger partial charge in [-0.1, -0.05) is 48.5 Å². The molecule has 1 aliphatic carbocycles. The zero-order valence-corrected chi connectivity index (χ0v) is 17.8. The zero-order chi connectivity index (χ0) is 20.3. The van der Waals surface area contributed by atoms with Crippen molar-refractivity contribution in [2.24, 2.45) is 0 Å². The number of benzene rings is 2. The van der Waals surface area contributed by atoms with Crippen molar-refractivity contribution in [2.45, 2.75) is 43.0 Å². The molecular weight excluding hydrogens is 419 g/mol. The van der Waals surface area contributed by atoms with Crippen LogP contribution in [0.5, 0.6) is 0 Å². The Labute approximate surface area is 175 Å². The Morgan fingerprint density at radius 3 is 2.43 bits per heavy atom. The molecule has 0 aliphatic heterocycles. The molecule has 0 spiro atoms. The molecule has 150 valence electrons. The van der Waals surface area contributed by atoms with Crippen molar-refractivity contribution in [1.29, 1.82) is 0 Å². The Balaban J connectivity index is 1.78. The number of anilines is 1. The van der Waals surface area contributed by atoms with Crippen molar-refractivity contribution in [3.8, 4) is 0 Å². The van der Waals surface area contributed by atoms with E-state index in [1.807, 2.05) is 7.05 Å². The van der Waals surface area contributed by atoms with E-state index in [-0.39, 0.29) is 26.9 Å². The molecule has 0 unspecified atom stereocenters. The highest BCUT2D eigenvalue weighted by Crippen LogP contribution is 2.27. The van der Waals surface area contributed by atoms with Crippen molar-refractivity contribution < 1.29 is 13.2 Å². The van der Waals surface area contributed by atoms with Crippen LogP contribution in [0.1, 0.15) is 42.5 Å². The Kier molecular flexibility index (Phi) is 6.53. The number of rotatable bonds is 5. The average molecular weight is 441 g/mol. The number of carbonyl (C=O) groups is 1. The Morgan fingerprint density at radius 1 is 1.04 bits per heavy atom. The van der Waals surface area contributed by atoms with Crippen LogP contribution in [-0.2, 0) is 10.0 Å². The minimum absolute atomic E-state index is 0.00190. The molecule has 0 aromatic heterocycles. The van der Waals surface area contributed by atoms with Gasteiger partial charge in [-0.05, 0) is 49.2 Å². The highest BCUT2D eigenvalue weighted by molar-refractivity contribution is 7.92. The first-order valence-electron chi connectivity index (χ1n) is 9.13. The number of halogens is 2. The van der Waals surface area contributed by atoms with Gasteiger partial charge in [0.25, 0.3) is 15.9 Å². The maximum absolute atomic E-state index is 12.8. The highest BCUT2D eigenvalue weighted by Gasteiger charge is 2.23. The van der Waals surface area contributed by atoms with E-state index in [1.165, 1.54) is 24.6 Å². The van der Waals surface area contributed by atoms with Gasteiger partial charge in [0.1, 0.15) is 0 Å². The molecule has 0 atom stereocenters. The summed E-state index contributed by atoms with van der Waals surface area (Å²) in [6.07, 6.45) is 5.49. The fourth-order valence-electron chi connectivity index (χ4n) is 3.41. The maximum atomic E-state index is 12.8. The van der Waals surface area contributed by atoms with Crippen LogP contribution < -0.4 is 4.72 Å². The predicted octanol–water partition coefficient (Wildman–Crippen LogP) is 5.20. The summed E-state index contributed by atoms with van der Waals surface area (Å²) in [5.74, 6) is -0.109. The summed E-state index contributed by atoms with van der Waals surface area (Å²) < 4.78 is 27.7. The SMILES string of the molecule is CN(C(=O)c1cccc(NS(=O)(=O)c2ccc(Cl)c(Cl)c2)c1)C1CCCCC1. The molecule has 1 amide bonds. The third kappa shape index (κ3) is 4.80. The molecule has 2 aromatic rings. The van der Waals surface area contributed by atoms with E-state index < -0.39 is 10.0 Å². The number of sulfonamides is 1. The first-order valence-corrected chi connectivity index (χ1v) is 11.4. The number of nitrogens with zero attached hydrogens (tertiary/aromatic N) is 1. The molecule has 0 radical (unpaired) electrons. The Hall–Kier alpha value is -1.76. The monoisotopic (exact) mass is 440 g/mol. The molecule has 3 rings (SSSR count). The lowest BCUT2D eigenvalue weighted by atomic mass is 9.94. The van der Waals surface area contributed by atoms with Gasteiger partial charge in [-0.15, -0.1) is 0 Å². The van der Waals surface area contributed by atoms with Crippen LogP contribution in [-0.4, -0.2) is 32.3 Å². The van der Waals surface area contributed by atoms with Crippen LogP contribution in [0, 0.1) is 0 Å². The van der Waals surface area contributed by atoms with E-state index in [9.17, 15) is 13.2 Å². The molecule has 5 nitrogen and oxygen atoms in total. The molecule has 1 saturated carbocycles. The number of hydrogen-bond acceptors (Lipinski definition) is 3. The first-order chi connectivity index (χ1) is 13.3. The lowest BCUT2D eigenvalue weighted by Crippen LogP contribution is -2.38. The van der Waals surface area contributed by atoms with Crippen molar-refractivity contribution in [3.05, 3.63) is 58.1 Å². The van der Waals surface area contributed by atoms with Crippen LogP contribution in [0.25, 0.3) is 0 Å². The second-order valence-corrected chi connectivity index (χ2v) is 9.47. The summed E-state index contributed by atoms with van der Waals surface area (Å²) in [7, 11) is -2.04. The Bertz CT molecular complexity index is 973. The third-order valence-corrected chi connectivity index (χ3v) is 7.12. The van der Waals surface area contributed by atoms with E-state index >= 15 is 0 Å². The summed E-state index contributed by atoms with van der Waals surface area (Å²) >= 11 is 11.8. The molecule has 8 heteroatoms. The standard InChI is InChI=1S/C20H22Cl2N2O3S/c1-24(16-8-3-2-4-9-16)20(25)14-6-5-7-15(12-14)23-28(26,27)17-10-11-18(21)19(22)13-17/h5-7,10-13,16,23H,2-4,8-9H2,1H3. The van der Waals surface area contributed by atoms with Crippen molar-refractivity contribution in [1.82, 2.24) is 4.90 Å². The van der Waals surface area contributed by atoms with Gasteiger partial charge in [-0.2, -0.15) is 0 Å². The molecule has 2 aromatic carbocycles. The van der Waals surface area contributed by atoms with Crippen LogP contribution >= 0.6 is 23.2 Å². The van der Waals surface area contributed by atoms with E-state index in [0.717, 1.165) is 25.7 Å². The third-order valence-electron chi connectivity index (χ3n) is 5.01. The summed E-state index contributed by atoms with van der Waals surface area (Å²) in [4.78, 5) is 14.6. The van der Waals surface area contributed by atoms with E-state index in [4.69, 9.17) is 23.2 Å². The molecule has 0 bridgehead atoms. The van der Waals surface area contributed by atoms with E-state index in [0.29, 0.717) is 11.3 Å². The quantitative estimate of drug-likeness (QED) is 0.694. The van der Waals surface area contributed by atoms with Gasteiger partial charge in [-0.25, -0.2) is 8.42 Å². The first kappa shape index (κ1) is 21.0. The number of amides is 1. The van der Waals surface area contributed by atoms with Crippen molar-refractivity contribution >= 4 is 44.8 Å². The Morgan fingerprint density at radius 2 is 1.75 bits per heavy atom. The van der Waals surface area contributed by atoms with Crippen LogP contribution in [0.3, 0.4) is 0 Å². The van der Waals surface area contributed by atoms with Gasteiger partial charge in [0.05, 0.1) is 14.9 Å². The minimum Gasteiger partial charge on any atom is -0.339 e. The largest absolute Gasteiger partial charge is 0.339 e. The lowest BCUT2D eigenvalue weighted by molar-refractivity contribution is 0.0696. The van der Waals surface area contributed by atoms with Gasteiger partial charge >= 0.3 is 0 Å². The molecule has 28 heavy (non-hydrogen) atoms. The fourth-order valence-corrected chi connectivity index (χ4v) is 4.85. The second kappa shape index (κ2) is 8.72. The van der Waals surface area contributed by atoms with Crippen LogP contribution in [0.15, 0.2) is 47.4 Å². The number of hydrogen-bond donors (Lipinski definition) is 1. The van der Waals surface area contributed by atoms with Crippen LogP contribution in [0.2, 0.25) is 10.0 Å². The molecule has 1 fully saturated rings. The number of carbonyl (C=O) groups excluding carboxylic acids is 1. The fraction of sp³-hybridized carbons (Fsp3) is 0.350. The zero-order valence-electron chi connectivity index (χ0n) is 15.5. The molecule has 1 N–H and O–H groups in total. The van der Waals surface area contributed by atoms with Gasteiger partial charge in [-0.3, -0.25) is 9.52 Å². The van der Waals surface area contributed by atoms with Crippen LogP contribution in [0.4, 0.5) is 5.69 Å². The maximum Gasteiger partial charge on any atom is 0.261 e. The number of nitrogens with one attached hydrogen (secondary N) is 1. The normalized spacial score (nSPS) is 15.2. The molecule has 1 aliphatic rings. The molecule has 0 saturated heterocycles. The summed E-state index contributed by atoms with van der Waals surface area (Å²) in [6, 6.07) is 10.8. The van der Waals surface area contributed by atoms with Crippen molar-refractivity contribution in [3.63, 3.8) is 0 Å². The smallest absolute Gasteiger partial charge is 0.261 e. The average Bonchev–Trinajstić information content (AvgIpc) is 2.69. The highest BCUT2D eigenvalue weighted by atomic mass is 35.5. The molecule has 0 heterocycles. The van der Waals surface area contributed by atoms with Gasteiger partial charge in [0.2, 0.25) is 0 Å².